The summed E-state index contributed by atoms with van der Waals surface area (Å²) in [5.74, 6) is 0.0354. The maximum Gasteiger partial charge on any atom is 0.288 e. The van der Waals surface area contributed by atoms with Gasteiger partial charge in [0, 0.05) is 17.3 Å². The Kier molecular flexibility index (Phi) is 6.28. The number of hydrogen-bond donors (Lipinski definition) is 2. The minimum atomic E-state index is -0.556. The lowest BCUT2D eigenvalue weighted by Crippen LogP contribution is -2.34. The largest absolute Gasteiger partial charge is 0.332 e. The molecule has 0 unspecified atom stereocenters. The Hall–Kier alpha value is -2.51. The molecule has 1 amide bonds. The van der Waals surface area contributed by atoms with Crippen LogP contribution in [0.5, 0.6) is 0 Å². The molecule has 2 rings (SSSR count). The van der Waals surface area contributed by atoms with Crippen molar-refractivity contribution >= 4 is 46.2 Å². The maximum absolute atomic E-state index is 12.3. The molecule has 0 saturated carbocycles. The highest BCUT2D eigenvalue weighted by Gasteiger charge is 2.16. The van der Waals surface area contributed by atoms with Gasteiger partial charge in [-0.25, -0.2) is 0 Å². The van der Waals surface area contributed by atoms with Gasteiger partial charge >= 0.3 is 0 Å². The van der Waals surface area contributed by atoms with Gasteiger partial charge < -0.3 is 5.32 Å². The minimum Gasteiger partial charge on any atom is -0.332 e. The van der Waals surface area contributed by atoms with Crippen LogP contribution in [-0.4, -0.2) is 15.9 Å². The third kappa shape index (κ3) is 4.77. The van der Waals surface area contributed by atoms with E-state index in [1.54, 1.807) is 19.1 Å². The van der Waals surface area contributed by atoms with Crippen LogP contribution < -0.4 is 10.6 Å². The van der Waals surface area contributed by atoms with Gasteiger partial charge in [-0.15, -0.1) is 0 Å². The summed E-state index contributed by atoms with van der Waals surface area (Å²) in [6.45, 7) is 5.83. The van der Waals surface area contributed by atoms with Crippen LogP contribution in [0.2, 0.25) is 5.02 Å². The number of nitrogens with zero attached hydrogens (tertiary/aromatic N) is 1. The van der Waals surface area contributed by atoms with Gasteiger partial charge in [-0.05, 0) is 54.4 Å². The molecule has 0 heterocycles. The maximum atomic E-state index is 12.3. The summed E-state index contributed by atoms with van der Waals surface area (Å²) in [6.07, 6.45) is 0. The van der Waals surface area contributed by atoms with Crippen LogP contribution in [0.4, 0.5) is 11.4 Å². The quantitative estimate of drug-likeness (QED) is 0.444. The number of anilines is 1. The Morgan fingerprint density at radius 2 is 1.85 bits per heavy atom. The number of aryl methyl sites for hydroxylation is 1. The van der Waals surface area contributed by atoms with Gasteiger partial charge in [-0.2, -0.15) is 0 Å². The number of thiocarbonyl (C=S) groups is 1. The highest BCUT2D eigenvalue weighted by atomic mass is 35.5. The van der Waals surface area contributed by atoms with Gasteiger partial charge in [0.25, 0.3) is 11.6 Å². The van der Waals surface area contributed by atoms with Gasteiger partial charge in [-0.1, -0.05) is 37.6 Å². The van der Waals surface area contributed by atoms with Crippen molar-refractivity contribution in [3.8, 4) is 0 Å². The Balaban J connectivity index is 2.07. The lowest BCUT2D eigenvalue weighted by Gasteiger charge is -2.13. The number of carbonyl (C=O) groups excluding carboxylic acids is 1. The number of nitro benzene ring substituents is 1. The Bertz CT molecular complexity index is 867. The Labute approximate surface area is 161 Å². The van der Waals surface area contributed by atoms with Crippen LogP contribution >= 0.6 is 23.8 Å². The van der Waals surface area contributed by atoms with E-state index >= 15 is 0 Å². The van der Waals surface area contributed by atoms with Gasteiger partial charge in [0.15, 0.2) is 5.11 Å². The van der Waals surface area contributed by atoms with E-state index in [0.29, 0.717) is 22.7 Å². The topological polar surface area (TPSA) is 84.3 Å². The van der Waals surface area contributed by atoms with E-state index in [1.807, 2.05) is 12.1 Å². The fourth-order valence-corrected chi connectivity index (χ4v) is 2.72. The summed E-state index contributed by atoms with van der Waals surface area (Å²) < 4.78 is 0. The monoisotopic (exact) mass is 391 g/mol. The van der Waals surface area contributed by atoms with Crippen LogP contribution in [0.15, 0.2) is 36.4 Å². The SMILES string of the molecule is Cc1cc([N+](=O)[O-])c(Cl)cc1NC(=S)NC(=O)c1ccc(C(C)C)cc1. The van der Waals surface area contributed by atoms with E-state index in [4.69, 9.17) is 23.8 Å². The van der Waals surface area contributed by atoms with Crippen molar-refractivity contribution in [2.45, 2.75) is 26.7 Å². The summed E-state index contributed by atoms with van der Waals surface area (Å²) in [5, 5.41) is 16.4. The molecule has 0 radical (unpaired) electrons. The first-order chi connectivity index (χ1) is 12.2. The van der Waals surface area contributed by atoms with Crippen LogP contribution in [0.25, 0.3) is 0 Å². The molecule has 0 atom stereocenters. The Morgan fingerprint density at radius 3 is 2.38 bits per heavy atom. The molecular weight excluding hydrogens is 374 g/mol. The zero-order valence-electron chi connectivity index (χ0n) is 14.5. The molecule has 0 aliphatic heterocycles. The standard InChI is InChI=1S/C18H18ClN3O3S/c1-10(2)12-4-6-13(7-5-12)17(23)21-18(26)20-15-9-14(19)16(22(24)25)8-11(15)3/h4-10H,1-3H3,(H2,20,21,23,26). The predicted octanol–water partition coefficient (Wildman–Crippen LogP) is 4.81. The summed E-state index contributed by atoms with van der Waals surface area (Å²) in [5.41, 5.74) is 2.50. The number of nitrogens with one attached hydrogen (secondary N) is 2. The molecule has 0 saturated heterocycles. The highest BCUT2D eigenvalue weighted by molar-refractivity contribution is 7.80. The summed E-state index contributed by atoms with van der Waals surface area (Å²) >= 11 is 11.1. The average molecular weight is 392 g/mol. The van der Waals surface area contributed by atoms with Gasteiger partial charge in [0.05, 0.1) is 4.92 Å². The van der Waals surface area contributed by atoms with E-state index in [1.165, 1.54) is 12.1 Å². The lowest BCUT2D eigenvalue weighted by molar-refractivity contribution is -0.384. The lowest BCUT2D eigenvalue weighted by atomic mass is 10.0. The summed E-state index contributed by atoms with van der Waals surface area (Å²) in [4.78, 5) is 22.6. The number of amides is 1. The van der Waals surface area contributed by atoms with Crippen LogP contribution in [-0.2, 0) is 0 Å². The highest BCUT2D eigenvalue weighted by Crippen LogP contribution is 2.30. The fourth-order valence-electron chi connectivity index (χ4n) is 2.29. The zero-order chi connectivity index (χ0) is 19.4. The van der Waals surface area contributed by atoms with Gasteiger partial charge in [0.1, 0.15) is 5.02 Å². The van der Waals surface area contributed by atoms with Crippen molar-refractivity contribution < 1.29 is 9.72 Å². The zero-order valence-corrected chi connectivity index (χ0v) is 16.1. The van der Waals surface area contributed by atoms with E-state index in [9.17, 15) is 14.9 Å². The van der Waals surface area contributed by atoms with Crippen molar-refractivity contribution in [2.75, 3.05) is 5.32 Å². The molecule has 0 fully saturated rings. The van der Waals surface area contributed by atoms with Crippen LogP contribution in [0.1, 0.15) is 41.3 Å². The van der Waals surface area contributed by atoms with Crippen molar-refractivity contribution in [1.29, 1.82) is 0 Å². The summed E-state index contributed by atoms with van der Waals surface area (Å²) in [6, 6.07) is 10.0. The van der Waals surface area contributed by atoms with Gasteiger partial charge in [0.2, 0.25) is 0 Å². The molecule has 0 aliphatic carbocycles. The Morgan fingerprint density at radius 1 is 1.23 bits per heavy atom. The predicted molar refractivity (Wildman–Crippen MR) is 107 cm³/mol. The number of benzene rings is 2. The van der Waals surface area contributed by atoms with E-state index in [-0.39, 0.29) is 21.7 Å². The average Bonchev–Trinajstić information content (AvgIpc) is 2.57. The van der Waals surface area contributed by atoms with E-state index < -0.39 is 4.92 Å². The van der Waals surface area contributed by atoms with Crippen molar-refractivity contribution in [1.82, 2.24) is 5.32 Å². The number of hydrogen-bond acceptors (Lipinski definition) is 4. The molecule has 2 aromatic carbocycles. The second-order valence-electron chi connectivity index (χ2n) is 6.06. The summed E-state index contributed by atoms with van der Waals surface area (Å²) in [7, 11) is 0. The second kappa shape index (κ2) is 8.25. The molecule has 26 heavy (non-hydrogen) atoms. The minimum absolute atomic E-state index is 0.0125. The molecule has 2 aromatic rings. The molecule has 6 nitrogen and oxygen atoms in total. The number of carbonyl (C=O) groups is 1. The van der Waals surface area contributed by atoms with Crippen LogP contribution in [0.3, 0.4) is 0 Å². The first-order valence-corrected chi connectivity index (χ1v) is 8.64. The van der Waals surface area contributed by atoms with Gasteiger partial charge in [-0.3, -0.25) is 20.2 Å². The number of halogens is 1. The van der Waals surface area contributed by atoms with E-state index in [0.717, 1.165) is 5.56 Å². The fraction of sp³-hybridized carbons (Fsp3) is 0.222. The van der Waals surface area contributed by atoms with E-state index in [2.05, 4.69) is 24.5 Å². The van der Waals surface area contributed by atoms with Crippen molar-refractivity contribution in [3.63, 3.8) is 0 Å². The second-order valence-corrected chi connectivity index (χ2v) is 6.88. The van der Waals surface area contributed by atoms with Crippen LogP contribution in [0, 0.1) is 17.0 Å². The smallest absolute Gasteiger partial charge is 0.288 e. The normalized spacial score (nSPS) is 10.5. The van der Waals surface area contributed by atoms with Crippen molar-refractivity contribution in [2.24, 2.45) is 0 Å². The molecule has 0 spiro atoms. The first kappa shape index (κ1) is 19.8. The molecule has 2 N–H and O–H groups in total. The first-order valence-electron chi connectivity index (χ1n) is 7.86. The molecule has 8 heteroatoms. The third-order valence-corrected chi connectivity index (χ3v) is 4.31. The van der Waals surface area contributed by atoms with Crippen molar-refractivity contribution in [3.05, 3.63) is 68.2 Å². The number of rotatable bonds is 4. The molecule has 0 aliphatic rings. The third-order valence-electron chi connectivity index (χ3n) is 3.81. The molecule has 0 bridgehead atoms. The molecular formula is C18H18ClN3O3S. The molecule has 0 aromatic heterocycles. The number of nitro groups is 1. The molecule has 136 valence electrons.